The van der Waals surface area contributed by atoms with Crippen LogP contribution in [0.2, 0.25) is 0 Å². The van der Waals surface area contributed by atoms with Crippen LogP contribution in [0.25, 0.3) is 5.57 Å². The minimum absolute atomic E-state index is 0.130. The van der Waals surface area contributed by atoms with Gasteiger partial charge < -0.3 is 14.5 Å². The molecule has 3 heterocycles. The lowest BCUT2D eigenvalue weighted by Crippen LogP contribution is -2.55. The lowest BCUT2D eigenvalue weighted by Gasteiger charge is -2.43. The number of carbonyl (C=O) groups is 1. The molecule has 1 aromatic carbocycles. The summed E-state index contributed by atoms with van der Waals surface area (Å²) in [5, 5.41) is 0. The zero-order valence-corrected chi connectivity index (χ0v) is 19.0. The molecule has 164 valence electrons. The molecule has 31 heavy (non-hydrogen) atoms. The average Bonchev–Trinajstić information content (AvgIpc) is 2.75. The van der Waals surface area contributed by atoms with Gasteiger partial charge in [-0.15, -0.1) is 0 Å². The summed E-state index contributed by atoms with van der Waals surface area (Å²) in [4.78, 5) is 24.4. The van der Waals surface area contributed by atoms with E-state index in [1.54, 1.807) is 0 Å². The van der Waals surface area contributed by atoms with E-state index in [0.717, 1.165) is 49.0 Å². The minimum atomic E-state index is -0.378. The van der Waals surface area contributed by atoms with Crippen molar-refractivity contribution in [3.05, 3.63) is 54.2 Å². The maximum atomic E-state index is 13.5. The van der Waals surface area contributed by atoms with Crippen LogP contribution < -0.4 is 14.5 Å². The number of pyridine rings is 1. The Balaban J connectivity index is 1.48. The first-order valence-corrected chi connectivity index (χ1v) is 11.1. The Labute approximate surface area is 185 Å². The van der Waals surface area contributed by atoms with Crippen molar-refractivity contribution in [3.8, 4) is 5.75 Å². The number of amides is 1. The van der Waals surface area contributed by atoms with Gasteiger partial charge in [-0.1, -0.05) is 12.1 Å². The minimum Gasteiger partial charge on any atom is -0.494 e. The topological polar surface area (TPSA) is 48.9 Å². The molecule has 0 spiro atoms. The fourth-order valence-electron chi connectivity index (χ4n) is 4.66. The molecule has 0 N–H and O–H groups in total. The van der Waals surface area contributed by atoms with Gasteiger partial charge in [0.25, 0.3) is 0 Å². The van der Waals surface area contributed by atoms with Gasteiger partial charge in [-0.25, -0.2) is 4.98 Å². The smallest absolute Gasteiger partial charge is 0.241 e. The summed E-state index contributed by atoms with van der Waals surface area (Å²) in [5.41, 5.74) is 2.83. The van der Waals surface area contributed by atoms with Crippen LogP contribution in [-0.2, 0) is 4.79 Å². The van der Waals surface area contributed by atoms with Gasteiger partial charge in [0.2, 0.25) is 5.91 Å². The van der Waals surface area contributed by atoms with Crippen LogP contribution >= 0.6 is 0 Å². The number of ether oxygens (including phenoxy) is 1. The summed E-state index contributed by atoms with van der Waals surface area (Å²) in [6, 6.07) is 12.0. The summed E-state index contributed by atoms with van der Waals surface area (Å²) in [5.74, 6) is 1.97. The van der Waals surface area contributed by atoms with Crippen molar-refractivity contribution in [2.24, 2.45) is 0 Å². The predicted molar refractivity (Wildman–Crippen MR) is 126 cm³/mol. The second-order valence-corrected chi connectivity index (χ2v) is 8.77. The van der Waals surface area contributed by atoms with Crippen LogP contribution in [0, 0.1) is 0 Å². The largest absolute Gasteiger partial charge is 0.494 e. The summed E-state index contributed by atoms with van der Waals surface area (Å²) < 4.78 is 5.69. The first-order chi connectivity index (χ1) is 14.9. The maximum absolute atomic E-state index is 13.5. The molecule has 0 bridgehead atoms. The van der Waals surface area contributed by atoms with E-state index < -0.39 is 0 Å². The van der Waals surface area contributed by atoms with Crippen LogP contribution in [0.1, 0.15) is 33.3 Å². The molecule has 2 aliphatic rings. The van der Waals surface area contributed by atoms with Gasteiger partial charge in [-0.2, -0.15) is 0 Å². The van der Waals surface area contributed by atoms with Crippen molar-refractivity contribution < 1.29 is 9.53 Å². The molecule has 1 amide bonds. The van der Waals surface area contributed by atoms with Crippen molar-refractivity contribution in [1.82, 2.24) is 9.88 Å². The molecule has 4 rings (SSSR count). The highest BCUT2D eigenvalue weighted by molar-refractivity contribution is 6.01. The van der Waals surface area contributed by atoms with Crippen molar-refractivity contribution in [2.45, 2.75) is 33.2 Å². The SMILES string of the molecule is CCOc1ccc2c(c1)C(C)=CC(C)(C)N2C(=O)CN1CCN(c2ccccn2)CC1. The third kappa shape index (κ3) is 4.44. The van der Waals surface area contributed by atoms with E-state index in [9.17, 15) is 4.79 Å². The van der Waals surface area contributed by atoms with Gasteiger partial charge in [0.05, 0.1) is 24.4 Å². The number of rotatable bonds is 5. The molecule has 1 saturated heterocycles. The average molecular weight is 421 g/mol. The van der Waals surface area contributed by atoms with E-state index in [1.807, 2.05) is 54.4 Å². The van der Waals surface area contributed by atoms with Crippen molar-refractivity contribution >= 4 is 23.0 Å². The predicted octanol–water partition coefficient (Wildman–Crippen LogP) is 3.83. The molecule has 0 aliphatic carbocycles. The molecule has 0 radical (unpaired) electrons. The van der Waals surface area contributed by atoms with Gasteiger partial charge in [0.15, 0.2) is 0 Å². The van der Waals surface area contributed by atoms with Crippen LogP contribution in [0.4, 0.5) is 11.5 Å². The molecule has 0 atom stereocenters. The number of hydrogen-bond donors (Lipinski definition) is 0. The first kappa shape index (κ1) is 21.4. The lowest BCUT2D eigenvalue weighted by molar-refractivity contribution is -0.120. The standard InChI is InChI=1S/C25H32N4O2/c1-5-31-20-9-10-22-21(16-20)19(2)17-25(3,4)29(22)24(30)18-27-12-14-28(15-13-27)23-8-6-7-11-26-23/h6-11,16-17H,5,12-15,18H2,1-4H3. The number of fused-ring (bicyclic) bond motifs is 1. The van der Waals surface area contributed by atoms with E-state index in [0.29, 0.717) is 13.2 Å². The van der Waals surface area contributed by atoms with Crippen LogP contribution in [0.5, 0.6) is 5.75 Å². The lowest BCUT2D eigenvalue weighted by atomic mass is 9.88. The third-order valence-corrected chi connectivity index (χ3v) is 6.04. The molecule has 1 aromatic heterocycles. The number of aromatic nitrogens is 1. The summed E-state index contributed by atoms with van der Waals surface area (Å²) in [6.07, 6.45) is 4.01. The molecule has 1 fully saturated rings. The zero-order chi connectivity index (χ0) is 22.0. The molecular formula is C25H32N4O2. The Hall–Kier alpha value is -2.86. The van der Waals surface area contributed by atoms with E-state index in [4.69, 9.17) is 4.74 Å². The maximum Gasteiger partial charge on any atom is 0.241 e. The number of benzene rings is 1. The fourth-order valence-corrected chi connectivity index (χ4v) is 4.66. The van der Waals surface area contributed by atoms with Gasteiger partial charge >= 0.3 is 0 Å². The highest BCUT2D eigenvalue weighted by Gasteiger charge is 2.36. The monoisotopic (exact) mass is 420 g/mol. The molecular weight excluding hydrogens is 388 g/mol. The molecule has 2 aliphatic heterocycles. The highest BCUT2D eigenvalue weighted by Crippen LogP contribution is 2.40. The van der Waals surface area contributed by atoms with E-state index in [-0.39, 0.29) is 11.4 Å². The number of carbonyl (C=O) groups excluding carboxylic acids is 1. The van der Waals surface area contributed by atoms with E-state index in [2.05, 4.69) is 41.6 Å². The van der Waals surface area contributed by atoms with Gasteiger partial charge in [-0.3, -0.25) is 9.69 Å². The third-order valence-electron chi connectivity index (χ3n) is 6.04. The van der Waals surface area contributed by atoms with E-state index in [1.165, 1.54) is 5.57 Å². The number of hydrogen-bond acceptors (Lipinski definition) is 5. The van der Waals surface area contributed by atoms with Crippen LogP contribution in [0.3, 0.4) is 0 Å². The van der Waals surface area contributed by atoms with E-state index >= 15 is 0 Å². The summed E-state index contributed by atoms with van der Waals surface area (Å²) >= 11 is 0. The van der Waals surface area contributed by atoms with Crippen molar-refractivity contribution in [1.29, 1.82) is 0 Å². The Morgan fingerprint density at radius 1 is 1.13 bits per heavy atom. The highest BCUT2D eigenvalue weighted by atomic mass is 16.5. The number of piperazine rings is 1. The Morgan fingerprint density at radius 2 is 1.90 bits per heavy atom. The molecule has 6 heteroatoms. The number of nitrogens with zero attached hydrogens (tertiary/aromatic N) is 4. The zero-order valence-electron chi connectivity index (χ0n) is 19.0. The number of allylic oxidation sites excluding steroid dienone is 1. The second kappa shape index (κ2) is 8.71. The summed E-state index contributed by atoms with van der Waals surface area (Å²) in [7, 11) is 0. The number of anilines is 2. The van der Waals surface area contributed by atoms with Gasteiger partial charge in [0, 0.05) is 37.9 Å². The second-order valence-electron chi connectivity index (χ2n) is 8.77. The van der Waals surface area contributed by atoms with Crippen molar-refractivity contribution in [2.75, 3.05) is 49.1 Å². The molecule has 6 nitrogen and oxygen atoms in total. The van der Waals surface area contributed by atoms with Crippen molar-refractivity contribution in [3.63, 3.8) is 0 Å². The first-order valence-electron chi connectivity index (χ1n) is 11.1. The fraction of sp³-hybridized carbons (Fsp3) is 0.440. The van der Waals surface area contributed by atoms with Gasteiger partial charge in [0.1, 0.15) is 11.6 Å². The quantitative estimate of drug-likeness (QED) is 0.736. The Bertz CT molecular complexity index is 963. The Kier molecular flexibility index (Phi) is 6.01. The van der Waals surface area contributed by atoms with Gasteiger partial charge in [-0.05, 0) is 63.6 Å². The molecule has 0 unspecified atom stereocenters. The molecule has 0 saturated carbocycles. The van der Waals surface area contributed by atoms with Crippen LogP contribution in [0.15, 0.2) is 48.7 Å². The summed E-state index contributed by atoms with van der Waals surface area (Å²) in [6.45, 7) is 12.8. The van der Waals surface area contributed by atoms with Crippen LogP contribution in [-0.4, -0.2) is 60.7 Å². The Morgan fingerprint density at radius 3 is 2.58 bits per heavy atom. The normalized spacial score (nSPS) is 18.4. The molecule has 2 aromatic rings.